The molecule has 0 radical (unpaired) electrons. The second-order valence-electron chi connectivity index (χ2n) is 5.53. The summed E-state index contributed by atoms with van der Waals surface area (Å²) >= 11 is 9.40. The van der Waals surface area contributed by atoms with E-state index in [0.717, 1.165) is 15.7 Å². The number of rotatable bonds is 4. The average Bonchev–Trinajstić information content (AvgIpc) is 2.89. The molecule has 0 aliphatic rings. The first-order chi connectivity index (χ1) is 11.9. The third-order valence-electron chi connectivity index (χ3n) is 3.64. The van der Waals surface area contributed by atoms with Crippen LogP contribution in [0.15, 0.2) is 53.0 Å². The van der Waals surface area contributed by atoms with E-state index < -0.39 is 0 Å². The Labute approximate surface area is 157 Å². The summed E-state index contributed by atoms with van der Waals surface area (Å²) in [4.78, 5) is 12.3. The van der Waals surface area contributed by atoms with Gasteiger partial charge in [0.1, 0.15) is 5.82 Å². The molecular formula is C18H14BrClFN3O. The molecule has 0 fully saturated rings. The monoisotopic (exact) mass is 421 g/mol. The van der Waals surface area contributed by atoms with Gasteiger partial charge in [-0.3, -0.25) is 9.48 Å². The highest BCUT2D eigenvalue weighted by atomic mass is 79.9. The molecule has 0 atom stereocenters. The third-order valence-corrected chi connectivity index (χ3v) is 4.49. The Balaban J connectivity index is 1.77. The fraction of sp³-hybridized carbons (Fsp3) is 0.111. The van der Waals surface area contributed by atoms with Crippen LogP contribution in [0.25, 0.3) is 0 Å². The molecule has 1 aromatic heterocycles. The van der Waals surface area contributed by atoms with Crippen LogP contribution in [0.1, 0.15) is 21.6 Å². The van der Waals surface area contributed by atoms with E-state index in [9.17, 15) is 9.18 Å². The van der Waals surface area contributed by atoms with Gasteiger partial charge < -0.3 is 5.32 Å². The summed E-state index contributed by atoms with van der Waals surface area (Å²) in [7, 11) is 0. The Morgan fingerprint density at radius 1 is 1.28 bits per heavy atom. The van der Waals surface area contributed by atoms with Crippen LogP contribution < -0.4 is 5.32 Å². The maximum atomic E-state index is 13.1. The number of nitrogens with zero attached hydrogens (tertiary/aromatic N) is 2. The zero-order valence-corrected chi connectivity index (χ0v) is 15.6. The summed E-state index contributed by atoms with van der Waals surface area (Å²) in [6.45, 7) is 2.26. The molecular weight excluding hydrogens is 409 g/mol. The number of nitrogens with one attached hydrogen (secondary N) is 1. The van der Waals surface area contributed by atoms with Gasteiger partial charge in [0, 0.05) is 26.8 Å². The van der Waals surface area contributed by atoms with Gasteiger partial charge in [-0.05, 0) is 42.8 Å². The van der Waals surface area contributed by atoms with Crippen LogP contribution in [0, 0.1) is 12.7 Å². The molecule has 0 saturated carbocycles. The van der Waals surface area contributed by atoms with E-state index >= 15 is 0 Å². The maximum Gasteiger partial charge on any atom is 0.256 e. The van der Waals surface area contributed by atoms with Gasteiger partial charge in [-0.1, -0.05) is 39.7 Å². The summed E-state index contributed by atoms with van der Waals surface area (Å²) in [5.41, 5.74) is 2.13. The molecule has 1 N–H and O–H groups in total. The predicted octanol–water partition coefficient (Wildman–Crippen LogP) is 5.05. The molecule has 0 aliphatic carbocycles. The molecule has 0 spiro atoms. The van der Waals surface area contributed by atoms with Crippen molar-refractivity contribution in [1.29, 1.82) is 0 Å². The number of hydrogen-bond donors (Lipinski definition) is 1. The number of halogens is 3. The molecule has 0 aliphatic heterocycles. The highest BCUT2D eigenvalue weighted by Gasteiger charge is 2.12. The van der Waals surface area contributed by atoms with Crippen molar-refractivity contribution >= 4 is 39.3 Å². The van der Waals surface area contributed by atoms with Crippen molar-refractivity contribution in [2.45, 2.75) is 13.5 Å². The van der Waals surface area contributed by atoms with E-state index in [2.05, 4.69) is 26.3 Å². The van der Waals surface area contributed by atoms with Crippen molar-refractivity contribution in [2.75, 3.05) is 5.32 Å². The molecule has 1 amide bonds. The number of carbonyl (C=O) groups excluding carboxylic acids is 1. The SMILES string of the molecule is Cc1cc(NC(=O)c2cccc(Br)c2)nn1Cc1ccc(F)cc1Cl. The van der Waals surface area contributed by atoms with Gasteiger partial charge in [0.15, 0.2) is 5.82 Å². The Morgan fingerprint density at radius 2 is 2.08 bits per heavy atom. The lowest BCUT2D eigenvalue weighted by molar-refractivity contribution is 0.102. The first kappa shape index (κ1) is 17.6. The fourth-order valence-corrected chi connectivity index (χ4v) is 2.99. The van der Waals surface area contributed by atoms with Crippen LogP contribution in [0.5, 0.6) is 0 Å². The summed E-state index contributed by atoms with van der Waals surface area (Å²) in [6, 6.07) is 13.1. The van der Waals surface area contributed by atoms with Crippen LogP contribution in [-0.4, -0.2) is 15.7 Å². The number of amides is 1. The second kappa shape index (κ2) is 7.37. The first-order valence-electron chi connectivity index (χ1n) is 7.47. The van der Waals surface area contributed by atoms with Gasteiger partial charge in [0.25, 0.3) is 5.91 Å². The largest absolute Gasteiger partial charge is 0.305 e. The lowest BCUT2D eigenvalue weighted by Crippen LogP contribution is -2.13. The van der Waals surface area contributed by atoms with Crippen LogP contribution >= 0.6 is 27.5 Å². The van der Waals surface area contributed by atoms with Gasteiger partial charge in [0.2, 0.25) is 0 Å². The highest BCUT2D eigenvalue weighted by molar-refractivity contribution is 9.10. The normalized spacial score (nSPS) is 10.7. The minimum absolute atomic E-state index is 0.245. The number of aromatic nitrogens is 2. The molecule has 3 aromatic rings. The lowest BCUT2D eigenvalue weighted by Gasteiger charge is -2.07. The van der Waals surface area contributed by atoms with Crippen molar-refractivity contribution in [2.24, 2.45) is 0 Å². The highest BCUT2D eigenvalue weighted by Crippen LogP contribution is 2.20. The molecule has 3 rings (SSSR count). The van der Waals surface area contributed by atoms with Crippen LogP contribution in [0.2, 0.25) is 5.02 Å². The van der Waals surface area contributed by atoms with E-state index in [-0.39, 0.29) is 11.7 Å². The number of hydrogen-bond acceptors (Lipinski definition) is 2. The van der Waals surface area contributed by atoms with E-state index in [1.54, 1.807) is 35.0 Å². The Morgan fingerprint density at radius 3 is 2.80 bits per heavy atom. The van der Waals surface area contributed by atoms with E-state index in [0.29, 0.717) is 22.9 Å². The third kappa shape index (κ3) is 4.27. The number of carbonyl (C=O) groups is 1. The van der Waals surface area contributed by atoms with Gasteiger partial charge in [0.05, 0.1) is 6.54 Å². The molecule has 0 bridgehead atoms. The molecule has 0 saturated heterocycles. The van der Waals surface area contributed by atoms with Gasteiger partial charge in [-0.25, -0.2) is 4.39 Å². The molecule has 128 valence electrons. The van der Waals surface area contributed by atoms with E-state index in [4.69, 9.17) is 11.6 Å². The molecule has 0 unspecified atom stereocenters. The summed E-state index contributed by atoms with van der Waals surface area (Å²) in [5.74, 6) is -0.181. The smallest absolute Gasteiger partial charge is 0.256 e. The number of benzene rings is 2. The molecule has 2 aromatic carbocycles. The molecule has 1 heterocycles. The van der Waals surface area contributed by atoms with Crippen molar-refractivity contribution < 1.29 is 9.18 Å². The Bertz CT molecular complexity index is 942. The molecule has 4 nitrogen and oxygen atoms in total. The maximum absolute atomic E-state index is 13.1. The zero-order valence-electron chi connectivity index (χ0n) is 13.3. The van der Waals surface area contributed by atoms with Crippen molar-refractivity contribution in [3.8, 4) is 0 Å². The molecule has 7 heteroatoms. The van der Waals surface area contributed by atoms with Crippen molar-refractivity contribution in [3.63, 3.8) is 0 Å². The van der Waals surface area contributed by atoms with Gasteiger partial charge in [-0.15, -0.1) is 0 Å². The summed E-state index contributed by atoms with van der Waals surface area (Å²) < 4.78 is 15.7. The van der Waals surface area contributed by atoms with Crippen molar-refractivity contribution in [3.05, 3.63) is 80.7 Å². The summed E-state index contributed by atoms with van der Waals surface area (Å²) in [5, 5.41) is 7.49. The minimum atomic E-state index is -0.382. The lowest BCUT2D eigenvalue weighted by atomic mass is 10.2. The summed E-state index contributed by atoms with van der Waals surface area (Å²) in [6.07, 6.45) is 0. The fourth-order valence-electron chi connectivity index (χ4n) is 2.36. The first-order valence-corrected chi connectivity index (χ1v) is 8.65. The zero-order chi connectivity index (χ0) is 18.0. The van der Waals surface area contributed by atoms with Crippen molar-refractivity contribution in [1.82, 2.24) is 9.78 Å². The van der Waals surface area contributed by atoms with Crippen LogP contribution in [0.4, 0.5) is 10.2 Å². The standard InChI is InChI=1S/C18H14BrClFN3O/c1-11-7-17(22-18(25)12-3-2-4-14(19)8-12)23-24(11)10-13-5-6-15(21)9-16(13)20/h2-9H,10H2,1H3,(H,22,23,25). The van der Waals surface area contributed by atoms with Crippen LogP contribution in [-0.2, 0) is 6.54 Å². The van der Waals surface area contributed by atoms with Gasteiger partial charge in [-0.2, -0.15) is 5.10 Å². The number of anilines is 1. The Hall–Kier alpha value is -2.18. The van der Waals surface area contributed by atoms with E-state index in [1.807, 2.05) is 13.0 Å². The quantitative estimate of drug-likeness (QED) is 0.640. The topological polar surface area (TPSA) is 46.9 Å². The molecule has 25 heavy (non-hydrogen) atoms. The predicted molar refractivity (Wildman–Crippen MR) is 99.6 cm³/mol. The van der Waals surface area contributed by atoms with E-state index in [1.165, 1.54) is 12.1 Å². The van der Waals surface area contributed by atoms with Gasteiger partial charge >= 0.3 is 0 Å². The average molecular weight is 423 g/mol. The minimum Gasteiger partial charge on any atom is -0.305 e. The number of aryl methyl sites for hydroxylation is 1. The Kier molecular flexibility index (Phi) is 5.20. The second-order valence-corrected chi connectivity index (χ2v) is 6.85. The van der Waals surface area contributed by atoms with Crippen LogP contribution in [0.3, 0.4) is 0 Å².